The molecular weight excluding hydrogens is 186 g/mol. The van der Waals surface area contributed by atoms with Crippen LogP contribution in [0.5, 0.6) is 0 Å². The number of rotatable bonds is 3. The summed E-state index contributed by atoms with van der Waals surface area (Å²) in [4.78, 5) is 0. The number of hydrogen-bond donors (Lipinski definition) is 0. The molecule has 0 rings (SSSR count). The molecule has 0 aliphatic rings. The van der Waals surface area contributed by atoms with Crippen LogP contribution in [0, 0.1) is 0 Å². The third kappa shape index (κ3) is 11.5. The molecule has 0 aliphatic heterocycles. The van der Waals surface area contributed by atoms with Crippen LogP contribution in [0.1, 0.15) is 0 Å². The highest BCUT2D eigenvalue weighted by Gasteiger charge is 2.12. The first-order chi connectivity index (χ1) is 4.06. The zero-order chi connectivity index (χ0) is 7.33. The van der Waals surface area contributed by atoms with Crippen LogP contribution in [-0.4, -0.2) is 32.0 Å². The Morgan fingerprint density at radius 3 is 2.00 bits per heavy atom. The molecule has 0 saturated heterocycles. The van der Waals surface area contributed by atoms with Gasteiger partial charge in [0.05, 0.1) is 6.16 Å². The summed E-state index contributed by atoms with van der Waals surface area (Å²) in [5, 5.41) is 0. The Morgan fingerprint density at radius 2 is 1.70 bits per heavy atom. The minimum atomic E-state index is -0.591. The minimum absolute atomic E-state index is 0. The molecule has 0 aromatic rings. The maximum atomic E-state index is 5.46. The van der Waals surface area contributed by atoms with Crippen molar-refractivity contribution in [2.75, 3.05) is 32.0 Å². The van der Waals surface area contributed by atoms with Crippen LogP contribution in [0.25, 0.3) is 0 Å². The van der Waals surface area contributed by atoms with Gasteiger partial charge in [0, 0.05) is 33.1 Å². The van der Waals surface area contributed by atoms with E-state index in [9.17, 15) is 0 Å². The predicted octanol–water partition coefficient (Wildman–Crippen LogP) is -0.308. The summed E-state index contributed by atoms with van der Waals surface area (Å²) in [5.41, 5.74) is 0. The second-order valence-electron chi connectivity index (χ2n) is 3.10. The number of alkyl halides is 1. The van der Waals surface area contributed by atoms with Gasteiger partial charge in [-0.1, -0.05) is 12.2 Å². The Balaban J connectivity index is 0. The lowest BCUT2D eigenvalue weighted by molar-refractivity contribution is -0.00000214. The lowest BCUT2D eigenvalue weighted by Gasteiger charge is -2.06. The van der Waals surface area contributed by atoms with Crippen LogP contribution in [0.3, 0.4) is 0 Å². The van der Waals surface area contributed by atoms with Gasteiger partial charge in [0.1, 0.15) is 0 Å². The molecule has 0 aromatic carbocycles. The third-order valence-electron chi connectivity index (χ3n) is 0.909. The maximum absolute atomic E-state index is 5.46. The summed E-state index contributed by atoms with van der Waals surface area (Å²) in [7, 11) is -0.591. The van der Waals surface area contributed by atoms with E-state index >= 15 is 0 Å². The monoisotopic (exact) mass is 200 g/mol. The first-order valence-electron chi connectivity index (χ1n) is 3.07. The molecule has 0 radical (unpaired) electrons. The second-order valence-corrected chi connectivity index (χ2v) is 8.35. The van der Waals surface area contributed by atoms with E-state index in [1.807, 2.05) is 6.08 Å². The molecule has 0 nitrogen and oxygen atoms in total. The average molecular weight is 201 g/mol. The second kappa shape index (κ2) is 6.46. The molecule has 62 valence electrons. The summed E-state index contributed by atoms with van der Waals surface area (Å²) in [6.07, 6.45) is 5.42. The summed E-state index contributed by atoms with van der Waals surface area (Å²) < 4.78 is 0. The van der Waals surface area contributed by atoms with Crippen LogP contribution >= 0.6 is 18.9 Å². The number of hydrogen-bond acceptors (Lipinski definition) is 0. The lowest BCUT2D eigenvalue weighted by Crippen LogP contribution is -3.00. The molecule has 0 amide bonds. The smallest absolute Gasteiger partial charge is 0.0766 e. The van der Waals surface area contributed by atoms with Gasteiger partial charge >= 0.3 is 0 Å². The molecule has 0 bridgehead atoms. The Bertz CT molecular complexity index is 94.3. The fourth-order valence-electron chi connectivity index (χ4n) is 0.454. The van der Waals surface area contributed by atoms with Gasteiger partial charge in [-0.05, 0) is 0 Å². The van der Waals surface area contributed by atoms with Crippen molar-refractivity contribution in [3.05, 3.63) is 12.2 Å². The van der Waals surface area contributed by atoms with E-state index in [4.69, 9.17) is 11.6 Å². The highest BCUT2D eigenvalue weighted by Crippen LogP contribution is 2.46. The highest BCUT2D eigenvalue weighted by atomic mass is 35.5. The summed E-state index contributed by atoms with van der Waals surface area (Å²) >= 11 is 5.46. The summed E-state index contributed by atoms with van der Waals surface area (Å²) in [5.74, 6) is 0.653. The maximum Gasteiger partial charge on any atom is 0.0766 e. The first kappa shape index (κ1) is 13.3. The molecule has 0 atom stereocenters. The number of halogens is 2. The molecule has 0 N–H and O–H groups in total. The summed E-state index contributed by atoms with van der Waals surface area (Å²) in [6, 6.07) is 0. The molecule has 0 aromatic heterocycles. The molecule has 3 heteroatoms. The van der Waals surface area contributed by atoms with E-state index in [2.05, 4.69) is 26.1 Å². The van der Waals surface area contributed by atoms with Crippen molar-refractivity contribution in [1.82, 2.24) is 0 Å². The zero-order valence-corrected chi connectivity index (χ0v) is 9.18. The first-order valence-corrected chi connectivity index (χ1v) is 6.93. The van der Waals surface area contributed by atoms with Gasteiger partial charge in [-0.2, -0.15) is 0 Å². The minimum Gasteiger partial charge on any atom is -1.00 e. The SMILES string of the molecule is C[P+](C)(C)CC=CCCl.[Cl-]. The molecule has 0 spiro atoms. The largest absolute Gasteiger partial charge is 1.00 e. The third-order valence-corrected chi connectivity index (χ3v) is 2.39. The van der Waals surface area contributed by atoms with Crippen molar-refractivity contribution in [2.24, 2.45) is 0 Å². The standard InChI is InChI=1S/C7H15ClP.ClH/c1-9(2,3)7-5-4-6-8;/h4-5H,6-7H2,1-3H3;1H/q+1;/p-1. The molecule has 10 heavy (non-hydrogen) atoms. The van der Waals surface area contributed by atoms with E-state index in [1.165, 1.54) is 6.16 Å². The van der Waals surface area contributed by atoms with Crippen molar-refractivity contribution in [3.63, 3.8) is 0 Å². The van der Waals surface area contributed by atoms with E-state index in [0.717, 1.165) is 0 Å². The average Bonchev–Trinajstić information content (AvgIpc) is 1.63. The highest BCUT2D eigenvalue weighted by molar-refractivity contribution is 7.73. The van der Waals surface area contributed by atoms with Crippen molar-refractivity contribution >= 4 is 18.9 Å². The van der Waals surface area contributed by atoms with Gasteiger partial charge in [0.2, 0.25) is 0 Å². The van der Waals surface area contributed by atoms with Crippen LogP contribution in [0.4, 0.5) is 0 Å². The Hall–Kier alpha value is 0.750. The van der Waals surface area contributed by atoms with Gasteiger partial charge in [0.25, 0.3) is 0 Å². The van der Waals surface area contributed by atoms with E-state index in [-0.39, 0.29) is 12.4 Å². The molecule has 0 fully saturated rings. The van der Waals surface area contributed by atoms with Crippen LogP contribution in [-0.2, 0) is 0 Å². The van der Waals surface area contributed by atoms with E-state index in [0.29, 0.717) is 5.88 Å². The van der Waals surface area contributed by atoms with Crippen molar-refractivity contribution in [1.29, 1.82) is 0 Å². The number of allylic oxidation sites excluding steroid dienone is 2. The Kier molecular flexibility index (Phi) is 8.62. The molecule has 0 saturated carbocycles. The molecular formula is C7H15Cl2P. The molecule has 0 unspecified atom stereocenters. The summed E-state index contributed by atoms with van der Waals surface area (Å²) in [6.45, 7) is 6.97. The van der Waals surface area contributed by atoms with Gasteiger partial charge in [-0.3, -0.25) is 0 Å². The van der Waals surface area contributed by atoms with Gasteiger partial charge in [-0.25, -0.2) is 0 Å². The fraction of sp³-hybridized carbons (Fsp3) is 0.714. The van der Waals surface area contributed by atoms with Crippen LogP contribution in [0.15, 0.2) is 12.2 Å². The van der Waals surface area contributed by atoms with Gasteiger partial charge in [0.15, 0.2) is 0 Å². The van der Waals surface area contributed by atoms with E-state index < -0.39 is 7.26 Å². The predicted molar refractivity (Wildman–Crippen MR) is 49.4 cm³/mol. The van der Waals surface area contributed by atoms with Crippen LogP contribution in [0.2, 0.25) is 0 Å². The van der Waals surface area contributed by atoms with Crippen LogP contribution < -0.4 is 12.4 Å². The van der Waals surface area contributed by atoms with Gasteiger partial charge in [-0.15, -0.1) is 11.6 Å². The van der Waals surface area contributed by atoms with E-state index in [1.54, 1.807) is 0 Å². The van der Waals surface area contributed by atoms with Crippen molar-refractivity contribution in [2.45, 2.75) is 0 Å². The topological polar surface area (TPSA) is 0 Å². The van der Waals surface area contributed by atoms with Crippen molar-refractivity contribution < 1.29 is 12.4 Å². The molecule has 0 heterocycles. The molecule has 0 aliphatic carbocycles. The Labute approximate surface area is 75.8 Å². The normalized spacial score (nSPS) is 11.6. The van der Waals surface area contributed by atoms with Crippen molar-refractivity contribution in [3.8, 4) is 0 Å². The quantitative estimate of drug-likeness (QED) is 0.334. The Morgan fingerprint density at radius 1 is 1.20 bits per heavy atom. The van der Waals surface area contributed by atoms with Gasteiger partial charge < -0.3 is 12.4 Å². The lowest BCUT2D eigenvalue weighted by atomic mass is 10.6. The zero-order valence-electron chi connectivity index (χ0n) is 6.77. The fourth-order valence-corrected chi connectivity index (χ4v) is 1.36.